The van der Waals surface area contributed by atoms with Crippen LogP contribution in [0.2, 0.25) is 0 Å². The van der Waals surface area contributed by atoms with Crippen LogP contribution in [0.15, 0.2) is 16.1 Å². The molecule has 1 aliphatic heterocycles. The van der Waals surface area contributed by atoms with Crippen LogP contribution in [0, 0.1) is 3.57 Å². The van der Waals surface area contributed by atoms with Crippen molar-refractivity contribution >= 4 is 34.4 Å². The summed E-state index contributed by atoms with van der Waals surface area (Å²) < 4.78 is 2.43. The number of aromatic nitrogens is 2. The monoisotopic (exact) mass is 280 g/mol. The SMILES string of the molecule is O=c1c(I)cnc2n1CCS2. The van der Waals surface area contributed by atoms with Crippen molar-refractivity contribution in [2.45, 2.75) is 11.7 Å². The van der Waals surface area contributed by atoms with E-state index in [1.165, 1.54) is 0 Å². The smallest absolute Gasteiger partial charge is 0.267 e. The van der Waals surface area contributed by atoms with Gasteiger partial charge in [0.2, 0.25) is 0 Å². The van der Waals surface area contributed by atoms with E-state index in [0.29, 0.717) is 3.57 Å². The van der Waals surface area contributed by atoms with E-state index in [2.05, 4.69) is 4.98 Å². The molecule has 0 aliphatic carbocycles. The van der Waals surface area contributed by atoms with Gasteiger partial charge in [0.05, 0.1) is 3.57 Å². The number of hydrogen-bond acceptors (Lipinski definition) is 3. The lowest BCUT2D eigenvalue weighted by Crippen LogP contribution is -2.22. The van der Waals surface area contributed by atoms with Crippen molar-refractivity contribution in [1.82, 2.24) is 9.55 Å². The fraction of sp³-hybridized carbons (Fsp3) is 0.333. The largest absolute Gasteiger partial charge is 0.286 e. The molecule has 1 aromatic rings. The summed E-state index contributed by atoms with van der Waals surface area (Å²) in [5, 5.41) is 0.857. The first-order valence-corrected chi connectivity index (χ1v) is 5.23. The maximum atomic E-state index is 11.4. The zero-order valence-electron chi connectivity index (χ0n) is 5.58. The molecule has 2 heterocycles. The molecule has 0 saturated carbocycles. The van der Waals surface area contributed by atoms with Crippen LogP contribution in [0.1, 0.15) is 0 Å². The summed E-state index contributed by atoms with van der Waals surface area (Å²) in [5.41, 5.74) is 0.0978. The summed E-state index contributed by atoms with van der Waals surface area (Å²) in [6.45, 7) is 0.808. The highest BCUT2D eigenvalue weighted by Gasteiger charge is 2.14. The first-order valence-electron chi connectivity index (χ1n) is 3.17. The third-order valence-electron chi connectivity index (χ3n) is 1.51. The van der Waals surface area contributed by atoms with Crippen LogP contribution in [-0.4, -0.2) is 15.3 Å². The van der Waals surface area contributed by atoms with Gasteiger partial charge in [0.25, 0.3) is 5.56 Å². The number of nitrogens with zero attached hydrogens (tertiary/aromatic N) is 2. The highest BCUT2D eigenvalue weighted by molar-refractivity contribution is 14.1. The molecule has 3 nitrogen and oxygen atoms in total. The van der Waals surface area contributed by atoms with Gasteiger partial charge in [0, 0.05) is 18.5 Å². The second kappa shape index (κ2) is 2.78. The number of halogens is 1. The van der Waals surface area contributed by atoms with E-state index in [1.54, 1.807) is 22.5 Å². The fourth-order valence-corrected chi connectivity index (χ4v) is 2.34. The van der Waals surface area contributed by atoms with Crippen molar-refractivity contribution in [3.05, 3.63) is 20.1 Å². The lowest BCUT2D eigenvalue weighted by molar-refractivity contribution is 0.650. The Morgan fingerprint density at radius 2 is 2.55 bits per heavy atom. The Kier molecular flexibility index (Phi) is 1.92. The summed E-state index contributed by atoms with van der Waals surface area (Å²) in [4.78, 5) is 15.5. The molecule has 0 spiro atoms. The quantitative estimate of drug-likeness (QED) is 0.524. The predicted molar refractivity (Wildman–Crippen MR) is 51.9 cm³/mol. The fourth-order valence-electron chi connectivity index (χ4n) is 0.993. The van der Waals surface area contributed by atoms with Crippen molar-refractivity contribution in [3.8, 4) is 0 Å². The molecule has 5 heteroatoms. The molecule has 2 rings (SSSR count). The highest BCUT2D eigenvalue weighted by Crippen LogP contribution is 2.20. The van der Waals surface area contributed by atoms with Gasteiger partial charge in [0.15, 0.2) is 5.16 Å². The van der Waals surface area contributed by atoms with Crippen LogP contribution in [0.25, 0.3) is 0 Å². The van der Waals surface area contributed by atoms with E-state index in [4.69, 9.17) is 0 Å². The highest BCUT2D eigenvalue weighted by atomic mass is 127. The van der Waals surface area contributed by atoms with Crippen molar-refractivity contribution in [3.63, 3.8) is 0 Å². The van der Waals surface area contributed by atoms with E-state index in [1.807, 2.05) is 22.6 Å². The van der Waals surface area contributed by atoms with Gasteiger partial charge < -0.3 is 0 Å². The molecule has 0 atom stereocenters. The first-order chi connectivity index (χ1) is 5.29. The molecule has 0 bridgehead atoms. The van der Waals surface area contributed by atoms with E-state index in [0.717, 1.165) is 17.5 Å². The van der Waals surface area contributed by atoms with Crippen molar-refractivity contribution in [1.29, 1.82) is 0 Å². The normalized spacial score (nSPS) is 15.0. The van der Waals surface area contributed by atoms with Crippen LogP contribution >= 0.6 is 34.4 Å². The minimum Gasteiger partial charge on any atom is -0.286 e. The molecule has 0 aromatic carbocycles. The van der Waals surface area contributed by atoms with Crippen LogP contribution in [0.4, 0.5) is 0 Å². The molecule has 11 heavy (non-hydrogen) atoms. The summed E-state index contributed by atoms with van der Waals surface area (Å²) in [6, 6.07) is 0. The zero-order chi connectivity index (χ0) is 7.84. The molecule has 1 aromatic heterocycles. The Hall–Kier alpha value is -0.0400. The summed E-state index contributed by atoms with van der Waals surface area (Å²) in [7, 11) is 0. The molecule has 0 amide bonds. The molecule has 58 valence electrons. The molecule has 0 fully saturated rings. The lowest BCUT2D eigenvalue weighted by atomic mass is 10.6. The summed E-state index contributed by atoms with van der Waals surface area (Å²) in [5.74, 6) is 0.975. The Bertz CT molecular complexity index is 349. The van der Waals surface area contributed by atoms with Crippen LogP contribution in [0.3, 0.4) is 0 Å². The summed E-state index contributed by atoms with van der Waals surface area (Å²) >= 11 is 3.65. The third-order valence-corrected chi connectivity index (χ3v) is 3.23. The number of hydrogen-bond donors (Lipinski definition) is 0. The van der Waals surface area contributed by atoms with Gasteiger partial charge in [-0.15, -0.1) is 0 Å². The summed E-state index contributed by atoms with van der Waals surface area (Å²) in [6.07, 6.45) is 1.63. The van der Waals surface area contributed by atoms with E-state index in [-0.39, 0.29) is 5.56 Å². The molecule has 0 N–H and O–H groups in total. The predicted octanol–water partition coefficient (Wildman–Crippen LogP) is 0.954. The zero-order valence-corrected chi connectivity index (χ0v) is 8.55. The van der Waals surface area contributed by atoms with Crippen LogP contribution in [-0.2, 0) is 6.54 Å². The molecular formula is C6H5IN2OS. The molecule has 1 aliphatic rings. The second-order valence-electron chi connectivity index (χ2n) is 2.19. The average Bonchev–Trinajstić information content (AvgIpc) is 2.45. The van der Waals surface area contributed by atoms with Gasteiger partial charge >= 0.3 is 0 Å². The van der Waals surface area contributed by atoms with Crippen molar-refractivity contribution < 1.29 is 0 Å². The first kappa shape index (κ1) is 7.60. The maximum absolute atomic E-state index is 11.4. The van der Waals surface area contributed by atoms with Gasteiger partial charge in [-0.3, -0.25) is 9.36 Å². The average molecular weight is 280 g/mol. The van der Waals surface area contributed by atoms with Crippen LogP contribution in [0.5, 0.6) is 0 Å². The second-order valence-corrected chi connectivity index (χ2v) is 4.42. The van der Waals surface area contributed by atoms with Gasteiger partial charge in [-0.05, 0) is 22.6 Å². The van der Waals surface area contributed by atoms with Crippen LogP contribution < -0.4 is 5.56 Å². The Balaban J connectivity index is 2.72. The molecule has 0 unspecified atom stereocenters. The van der Waals surface area contributed by atoms with Gasteiger partial charge in [-0.2, -0.15) is 0 Å². The standard InChI is InChI=1S/C6H5IN2OS/c7-4-3-8-6-9(5(4)10)1-2-11-6/h3H,1-2H2. The topological polar surface area (TPSA) is 34.9 Å². The van der Waals surface area contributed by atoms with Crippen molar-refractivity contribution in [2.75, 3.05) is 5.75 Å². The number of rotatable bonds is 0. The molecule has 0 saturated heterocycles. The number of thioether (sulfide) groups is 1. The van der Waals surface area contributed by atoms with E-state index >= 15 is 0 Å². The minimum atomic E-state index is 0.0978. The Morgan fingerprint density at radius 1 is 1.73 bits per heavy atom. The van der Waals surface area contributed by atoms with E-state index in [9.17, 15) is 4.79 Å². The minimum absolute atomic E-state index is 0.0978. The maximum Gasteiger partial charge on any atom is 0.267 e. The lowest BCUT2D eigenvalue weighted by Gasteiger charge is -1.98. The Morgan fingerprint density at radius 3 is 3.36 bits per heavy atom. The Labute approximate surface area is 81.4 Å². The van der Waals surface area contributed by atoms with E-state index < -0.39 is 0 Å². The number of fused-ring (bicyclic) bond motifs is 1. The third kappa shape index (κ3) is 1.20. The van der Waals surface area contributed by atoms with Crippen molar-refractivity contribution in [2.24, 2.45) is 0 Å². The van der Waals surface area contributed by atoms with Gasteiger partial charge in [-0.1, -0.05) is 11.8 Å². The molecule has 0 radical (unpaired) electrons. The van der Waals surface area contributed by atoms with Gasteiger partial charge in [0.1, 0.15) is 0 Å². The molecular weight excluding hydrogens is 275 g/mol. The van der Waals surface area contributed by atoms with Gasteiger partial charge in [-0.25, -0.2) is 4.98 Å².